The van der Waals surface area contributed by atoms with Gasteiger partial charge in [0.15, 0.2) is 5.11 Å². The maximum atomic E-state index is 13.4. The van der Waals surface area contributed by atoms with Crippen LogP contribution in [0.1, 0.15) is 12.1 Å². The molecule has 0 radical (unpaired) electrons. The predicted molar refractivity (Wildman–Crippen MR) is 126 cm³/mol. The maximum Gasteiger partial charge on any atom is 0.256 e. The molecule has 2 aromatic carbocycles. The zero-order valence-electron chi connectivity index (χ0n) is 17.5. The van der Waals surface area contributed by atoms with E-state index in [0.29, 0.717) is 28.8 Å². The summed E-state index contributed by atoms with van der Waals surface area (Å²) in [5, 5.41) is 3.18. The van der Waals surface area contributed by atoms with Crippen molar-refractivity contribution in [1.82, 2.24) is 9.88 Å². The van der Waals surface area contributed by atoms with Crippen LogP contribution in [0.25, 0.3) is 0 Å². The van der Waals surface area contributed by atoms with Gasteiger partial charge in [0.2, 0.25) is 5.91 Å². The van der Waals surface area contributed by atoms with Gasteiger partial charge in [-0.05, 0) is 60.7 Å². The summed E-state index contributed by atoms with van der Waals surface area (Å²) in [6, 6.07) is 21.1. The molecule has 3 aromatic rings. The molecule has 1 aliphatic rings. The third-order valence-corrected chi connectivity index (χ3v) is 5.56. The highest BCUT2D eigenvalue weighted by atomic mass is 32.1. The molecule has 0 spiro atoms. The van der Waals surface area contributed by atoms with Gasteiger partial charge < -0.3 is 15.0 Å². The fourth-order valence-corrected chi connectivity index (χ4v) is 3.95. The van der Waals surface area contributed by atoms with E-state index in [1.165, 1.54) is 4.90 Å². The summed E-state index contributed by atoms with van der Waals surface area (Å²) in [5.74, 6) is 0.162. The minimum atomic E-state index is -0.740. The van der Waals surface area contributed by atoms with Gasteiger partial charge in [-0.25, -0.2) is 0 Å². The number of anilines is 2. The van der Waals surface area contributed by atoms with Gasteiger partial charge in [-0.3, -0.25) is 19.5 Å². The number of nitrogens with one attached hydrogen (secondary N) is 1. The molecule has 1 atom stereocenters. The Bertz CT molecular complexity index is 1110. The first-order chi connectivity index (χ1) is 15.6. The first kappa shape index (κ1) is 21.5. The molecule has 4 rings (SSSR count). The molecule has 7 nitrogen and oxygen atoms in total. The first-order valence-electron chi connectivity index (χ1n) is 10.1. The number of amides is 2. The summed E-state index contributed by atoms with van der Waals surface area (Å²) >= 11 is 5.68. The van der Waals surface area contributed by atoms with Crippen LogP contribution in [0.3, 0.4) is 0 Å². The van der Waals surface area contributed by atoms with Crippen LogP contribution in [0.4, 0.5) is 11.4 Å². The van der Waals surface area contributed by atoms with Crippen LogP contribution in [0.15, 0.2) is 79.0 Å². The second-order valence-corrected chi connectivity index (χ2v) is 7.60. The summed E-state index contributed by atoms with van der Waals surface area (Å²) in [6.07, 6.45) is 1.65. The van der Waals surface area contributed by atoms with E-state index in [0.717, 1.165) is 5.69 Å². The van der Waals surface area contributed by atoms with Crippen LogP contribution in [-0.4, -0.2) is 40.0 Å². The van der Waals surface area contributed by atoms with Crippen LogP contribution >= 0.6 is 12.2 Å². The zero-order chi connectivity index (χ0) is 22.5. The van der Waals surface area contributed by atoms with Crippen LogP contribution in [0.2, 0.25) is 0 Å². The molecule has 0 unspecified atom stereocenters. The van der Waals surface area contributed by atoms with Crippen LogP contribution in [-0.2, 0) is 16.1 Å². The number of methoxy groups -OCH3 is 1. The Hall–Kier alpha value is -3.78. The number of para-hydroxylation sites is 1. The van der Waals surface area contributed by atoms with Gasteiger partial charge in [0.1, 0.15) is 11.8 Å². The van der Waals surface area contributed by atoms with E-state index in [4.69, 9.17) is 17.0 Å². The highest BCUT2D eigenvalue weighted by molar-refractivity contribution is 7.80. The Labute approximate surface area is 191 Å². The number of hydrogen-bond acceptors (Lipinski definition) is 5. The maximum absolute atomic E-state index is 13.4. The number of nitrogens with zero attached hydrogens (tertiary/aromatic N) is 3. The Balaban J connectivity index is 1.60. The molecule has 1 fully saturated rings. The number of benzene rings is 2. The third-order valence-electron chi connectivity index (χ3n) is 5.14. The molecule has 2 amide bonds. The van der Waals surface area contributed by atoms with Gasteiger partial charge in [-0.15, -0.1) is 0 Å². The van der Waals surface area contributed by atoms with Gasteiger partial charge in [0, 0.05) is 11.9 Å². The zero-order valence-corrected chi connectivity index (χ0v) is 18.3. The van der Waals surface area contributed by atoms with Gasteiger partial charge in [0.05, 0.1) is 31.5 Å². The Morgan fingerprint density at radius 3 is 2.44 bits per heavy atom. The number of pyridine rings is 1. The lowest BCUT2D eigenvalue weighted by atomic mass is 10.1. The van der Waals surface area contributed by atoms with E-state index in [1.807, 2.05) is 36.4 Å². The van der Waals surface area contributed by atoms with Crippen molar-refractivity contribution in [2.24, 2.45) is 0 Å². The summed E-state index contributed by atoms with van der Waals surface area (Å²) in [5.41, 5.74) is 2.05. The number of carbonyl (C=O) groups is 2. The minimum absolute atomic E-state index is 0.0344. The van der Waals surface area contributed by atoms with E-state index in [9.17, 15) is 9.59 Å². The van der Waals surface area contributed by atoms with E-state index in [1.54, 1.807) is 54.6 Å². The average Bonchev–Trinajstić information content (AvgIpc) is 3.04. The molecule has 1 N–H and O–H groups in total. The standard InChI is InChI=1S/C24H22N4O3S/c1-31-20-12-10-19(11-13-20)28-23(30)21(15-22(29)26-17-7-3-2-4-8-17)27(24(28)32)16-18-9-5-6-14-25-18/h2-14,21H,15-16H2,1H3,(H,26,29)/t21-/m0/s1. The lowest BCUT2D eigenvalue weighted by Crippen LogP contribution is -2.37. The smallest absolute Gasteiger partial charge is 0.256 e. The molecule has 2 heterocycles. The number of rotatable bonds is 7. The molecule has 0 aliphatic carbocycles. The molecular weight excluding hydrogens is 424 g/mol. The summed E-state index contributed by atoms with van der Waals surface area (Å²) in [6.45, 7) is 0.321. The largest absolute Gasteiger partial charge is 0.497 e. The number of carbonyl (C=O) groups excluding carboxylic acids is 2. The number of aromatic nitrogens is 1. The highest BCUT2D eigenvalue weighted by Crippen LogP contribution is 2.29. The molecule has 1 aromatic heterocycles. The summed E-state index contributed by atoms with van der Waals surface area (Å²) in [4.78, 5) is 33.8. The first-order valence-corrected chi connectivity index (χ1v) is 10.5. The molecule has 0 bridgehead atoms. The third kappa shape index (κ3) is 4.60. The van der Waals surface area contributed by atoms with Crippen LogP contribution < -0.4 is 15.0 Å². The van der Waals surface area contributed by atoms with Crippen molar-refractivity contribution in [3.8, 4) is 5.75 Å². The normalized spacial score (nSPS) is 15.7. The number of thiocarbonyl (C=S) groups is 1. The molecule has 1 aliphatic heterocycles. The molecule has 162 valence electrons. The Kier molecular flexibility index (Phi) is 6.42. The number of hydrogen-bond donors (Lipinski definition) is 1. The monoisotopic (exact) mass is 446 g/mol. The fourth-order valence-electron chi connectivity index (χ4n) is 3.56. The van der Waals surface area contributed by atoms with Crippen molar-refractivity contribution < 1.29 is 14.3 Å². The highest BCUT2D eigenvalue weighted by Gasteiger charge is 2.44. The van der Waals surface area contributed by atoms with Crippen molar-refractivity contribution >= 4 is 40.5 Å². The summed E-state index contributed by atoms with van der Waals surface area (Å²) < 4.78 is 5.21. The van der Waals surface area contributed by atoms with Gasteiger partial charge in [-0.2, -0.15) is 0 Å². The van der Waals surface area contributed by atoms with Crippen molar-refractivity contribution in [3.63, 3.8) is 0 Å². The average molecular weight is 447 g/mol. The fraction of sp³-hybridized carbons (Fsp3) is 0.167. The minimum Gasteiger partial charge on any atom is -0.497 e. The van der Waals surface area contributed by atoms with Crippen molar-refractivity contribution in [2.45, 2.75) is 19.0 Å². The van der Waals surface area contributed by atoms with Crippen LogP contribution in [0, 0.1) is 0 Å². The quantitative estimate of drug-likeness (QED) is 0.559. The van der Waals surface area contributed by atoms with E-state index in [2.05, 4.69) is 10.3 Å². The van der Waals surface area contributed by atoms with Gasteiger partial charge in [-0.1, -0.05) is 24.3 Å². The van der Waals surface area contributed by atoms with Crippen molar-refractivity contribution in [2.75, 3.05) is 17.3 Å². The number of ether oxygens (including phenoxy) is 1. The molecule has 1 saturated heterocycles. The van der Waals surface area contributed by atoms with E-state index >= 15 is 0 Å². The van der Waals surface area contributed by atoms with E-state index < -0.39 is 6.04 Å². The van der Waals surface area contributed by atoms with Gasteiger partial charge in [0.25, 0.3) is 5.91 Å². The Morgan fingerprint density at radius 2 is 1.78 bits per heavy atom. The lowest BCUT2D eigenvalue weighted by molar-refractivity contribution is -0.124. The SMILES string of the molecule is COc1ccc(N2C(=O)[C@H](CC(=O)Nc3ccccc3)N(Cc3ccccn3)C2=S)cc1. The molecular formula is C24H22N4O3S. The lowest BCUT2D eigenvalue weighted by Gasteiger charge is -2.23. The second-order valence-electron chi connectivity index (χ2n) is 7.24. The molecule has 8 heteroatoms. The molecule has 32 heavy (non-hydrogen) atoms. The Morgan fingerprint density at radius 1 is 1.06 bits per heavy atom. The summed E-state index contributed by atoms with van der Waals surface area (Å²) in [7, 11) is 1.58. The topological polar surface area (TPSA) is 74.8 Å². The van der Waals surface area contributed by atoms with Crippen LogP contribution in [0.5, 0.6) is 5.75 Å². The molecule has 0 saturated carbocycles. The second kappa shape index (κ2) is 9.57. The van der Waals surface area contributed by atoms with E-state index in [-0.39, 0.29) is 18.2 Å². The van der Waals surface area contributed by atoms with Gasteiger partial charge >= 0.3 is 0 Å². The van der Waals surface area contributed by atoms with Crippen molar-refractivity contribution in [3.05, 3.63) is 84.7 Å². The van der Waals surface area contributed by atoms with Crippen molar-refractivity contribution in [1.29, 1.82) is 0 Å². The predicted octanol–water partition coefficient (Wildman–Crippen LogP) is 3.62.